The predicted octanol–water partition coefficient (Wildman–Crippen LogP) is 8.04. The molecule has 2 aliphatic rings. The number of aromatic nitrogens is 1. The first-order chi connectivity index (χ1) is 33.8. The number of anilines is 2. The molecule has 3 aromatic carbocycles. The number of unbranched alkanes of at least 4 members (excludes halogenated alkanes) is 1. The van der Waals surface area contributed by atoms with E-state index in [1.54, 1.807) is 20.8 Å². The summed E-state index contributed by atoms with van der Waals surface area (Å²) in [5, 5.41) is 22.1. The van der Waals surface area contributed by atoms with Gasteiger partial charge in [-0.25, -0.2) is 4.39 Å². The molecule has 72 heavy (non-hydrogen) atoms. The van der Waals surface area contributed by atoms with E-state index in [-0.39, 0.29) is 69.2 Å². The maximum Gasteiger partial charge on any atom is 0.420 e. The van der Waals surface area contributed by atoms with Crippen LogP contribution in [0.25, 0.3) is 11.3 Å². The van der Waals surface area contributed by atoms with Crippen LogP contribution in [0.1, 0.15) is 76.1 Å². The highest BCUT2D eigenvalue weighted by molar-refractivity contribution is 7.81. The SMILES string of the molecule is CC(C)(C)[C@@H](C(=O)N1C[C@H](O)C[C@H]1C(=O)NCc1ccccc1)N(C=O)CCOCCCCOc1ccc(-c2ccc(N3C(=S)N(c4ccc(C#N)c(C(F)(F)F)c4F)C(=O)C3(C)C)cn2)cc1C(F)(F)F. The molecule has 14 nitrogen and oxygen atoms in total. The van der Waals surface area contributed by atoms with Gasteiger partial charge in [0.15, 0.2) is 10.9 Å². The first kappa shape index (κ1) is 54.6. The van der Waals surface area contributed by atoms with Crippen LogP contribution in [0.5, 0.6) is 5.75 Å². The standard InChI is InChI=1S/C50H52F7N7O7S/c1-47(2,3)42(44(68)62-28-34(66)24-38(62)43(67)60-26-30-11-7-6-8-12-30)61(29-65)19-22-70-20-9-10-21-71-39-18-14-31(23-35(39)49(52,53)54)36-16-15-33(27-59-36)64-46(72)63(45(69)48(64,4)5)37-17-13-32(25-58)40(41(37)51)50(55,56)57/h6-8,11-18,23,27,29,34,38,42,66H,9-10,19-22,24,26,28H2,1-5H3,(H,60,67)/t34-,38+,42-/m1/s1. The van der Waals surface area contributed by atoms with Crippen LogP contribution in [0, 0.1) is 22.6 Å². The normalized spacial score (nSPS) is 17.5. The molecule has 2 aliphatic heterocycles. The number of alkyl halides is 6. The number of nitrogens with one attached hydrogen (secondary N) is 1. The molecule has 2 N–H and O–H groups in total. The molecule has 0 aliphatic carbocycles. The second-order valence-corrected chi connectivity index (χ2v) is 19.1. The highest BCUT2D eigenvalue weighted by Crippen LogP contribution is 2.43. The molecule has 4 amide bonds. The van der Waals surface area contributed by atoms with Crippen LogP contribution < -0.4 is 19.9 Å². The number of amides is 4. The molecule has 384 valence electrons. The minimum Gasteiger partial charge on any atom is -0.493 e. The van der Waals surface area contributed by atoms with Gasteiger partial charge in [-0.15, -0.1) is 0 Å². The maximum absolute atomic E-state index is 15.5. The molecule has 1 aromatic heterocycles. The number of nitriles is 1. The molecule has 0 spiro atoms. The summed E-state index contributed by atoms with van der Waals surface area (Å²) in [6, 6.07) is 16.2. The number of aliphatic hydroxyl groups excluding tert-OH is 1. The Hall–Kier alpha value is -6.70. The molecule has 4 aromatic rings. The van der Waals surface area contributed by atoms with E-state index in [1.165, 1.54) is 59.0 Å². The van der Waals surface area contributed by atoms with Gasteiger partial charge in [0, 0.05) is 38.2 Å². The lowest BCUT2D eigenvalue weighted by Crippen LogP contribution is -2.58. The van der Waals surface area contributed by atoms with E-state index < -0.39 is 98.3 Å². The van der Waals surface area contributed by atoms with Gasteiger partial charge in [0.25, 0.3) is 5.91 Å². The summed E-state index contributed by atoms with van der Waals surface area (Å²) in [4.78, 5) is 62.0. The molecule has 2 fully saturated rings. The van der Waals surface area contributed by atoms with Gasteiger partial charge in [0.1, 0.15) is 28.9 Å². The number of rotatable bonds is 18. The topological polar surface area (TPSA) is 169 Å². The lowest BCUT2D eigenvalue weighted by molar-refractivity contribution is -0.149. The molecule has 0 unspecified atom stereocenters. The minimum atomic E-state index is -5.27. The molecular weight excluding hydrogens is 976 g/mol. The summed E-state index contributed by atoms with van der Waals surface area (Å²) in [7, 11) is 0. The van der Waals surface area contributed by atoms with Crippen molar-refractivity contribution in [2.75, 3.05) is 42.7 Å². The number of β-amino-alcohol motifs (C(OH)–C–C–N with tert-alkyl or cyclic N) is 1. The quantitative estimate of drug-likeness (QED) is 0.0429. The van der Waals surface area contributed by atoms with E-state index in [9.17, 15) is 55.9 Å². The fraction of sp³-hybridized carbons (Fsp3) is 0.420. The van der Waals surface area contributed by atoms with Gasteiger partial charge >= 0.3 is 12.4 Å². The number of thiocarbonyl (C=S) groups is 1. The number of likely N-dealkylation sites (tertiary alicyclic amines) is 1. The van der Waals surface area contributed by atoms with Gasteiger partial charge in [-0.2, -0.15) is 31.6 Å². The lowest BCUT2D eigenvalue weighted by Gasteiger charge is -2.40. The van der Waals surface area contributed by atoms with Crippen LogP contribution in [0.3, 0.4) is 0 Å². The molecular formula is C50H52F7N7O7S. The van der Waals surface area contributed by atoms with E-state index >= 15 is 4.39 Å². The van der Waals surface area contributed by atoms with Crippen molar-refractivity contribution in [1.82, 2.24) is 20.1 Å². The van der Waals surface area contributed by atoms with Crippen LogP contribution in [-0.4, -0.2) is 106 Å². The first-order valence-electron chi connectivity index (χ1n) is 22.7. The summed E-state index contributed by atoms with van der Waals surface area (Å²) in [6.45, 7) is 8.30. The van der Waals surface area contributed by atoms with Gasteiger partial charge in [0.05, 0.1) is 59.8 Å². The molecule has 22 heteroatoms. The van der Waals surface area contributed by atoms with E-state index in [4.69, 9.17) is 21.7 Å². The third-order valence-electron chi connectivity index (χ3n) is 12.2. The van der Waals surface area contributed by atoms with Gasteiger partial charge in [-0.05, 0) is 92.4 Å². The predicted molar refractivity (Wildman–Crippen MR) is 253 cm³/mol. The zero-order valence-corrected chi connectivity index (χ0v) is 40.6. The van der Waals surface area contributed by atoms with E-state index in [0.717, 1.165) is 29.8 Å². The maximum atomic E-state index is 15.5. The number of hydrogen-bond donors (Lipinski definition) is 2. The summed E-state index contributed by atoms with van der Waals surface area (Å²) >= 11 is 5.47. The Morgan fingerprint density at radius 2 is 1.69 bits per heavy atom. The first-order valence-corrected chi connectivity index (χ1v) is 23.1. The van der Waals surface area contributed by atoms with Crippen molar-refractivity contribution in [3.8, 4) is 23.1 Å². The Morgan fingerprint density at radius 3 is 2.31 bits per heavy atom. The highest BCUT2D eigenvalue weighted by atomic mass is 32.1. The number of nitrogens with zero attached hydrogens (tertiary/aromatic N) is 6. The van der Waals surface area contributed by atoms with Gasteiger partial charge < -0.3 is 34.6 Å². The highest BCUT2D eigenvalue weighted by Gasteiger charge is 2.52. The molecule has 0 radical (unpaired) electrons. The molecule has 3 heterocycles. The van der Waals surface area contributed by atoms with E-state index in [0.29, 0.717) is 17.7 Å². The molecule has 6 rings (SSSR count). The summed E-state index contributed by atoms with van der Waals surface area (Å²) < 4.78 is 111. The van der Waals surface area contributed by atoms with Gasteiger partial charge in [-0.1, -0.05) is 51.1 Å². The Bertz CT molecular complexity index is 2690. The number of benzene rings is 3. The van der Waals surface area contributed by atoms with Crippen molar-refractivity contribution >= 4 is 52.8 Å². The van der Waals surface area contributed by atoms with Gasteiger partial charge in [-0.3, -0.25) is 29.1 Å². The van der Waals surface area contributed by atoms with E-state index in [2.05, 4.69) is 10.3 Å². The van der Waals surface area contributed by atoms with Crippen molar-refractivity contribution in [3.63, 3.8) is 0 Å². The number of pyridine rings is 1. The van der Waals surface area contributed by atoms with Crippen molar-refractivity contribution in [2.45, 2.75) is 96.5 Å². The molecule has 0 bridgehead atoms. The Morgan fingerprint density at radius 1 is 1.00 bits per heavy atom. The van der Waals surface area contributed by atoms with Crippen LogP contribution in [-0.2, 0) is 42.8 Å². The van der Waals surface area contributed by atoms with Crippen LogP contribution >= 0.6 is 12.2 Å². The fourth-order valence-electron chi connectivity index (χ4n) is 8.65. The second kappa shape index (κ2) is 22.0. The fourth-order valence-corrected chi connectivity index (χ4v) is 9.17. The van der Waals surface area contributed by atoms with E-state index in [1.807, 2.05) is 30.3 Å². The molecule has 0 saturated carbocycles. The number of aliphatic hydroxyl groups is 1. The summed E-state index contributed by atoms with van der Waals surface area (Å²) in [5.41, 5.74) is -6.07. The Balaban J connectivity index is 1.03. The largest absolute Gasteiger partial charge is 0.493 e. The number of ether oxygens (including phenoxy) is 2. The number of carbonyl (C=O) groups is 4. The number of halogens is 7. The van der Waals surface area contributed by atoms with Crippen molar-refractivity contribution in [2.24, 2.45) is 5.41 Å². The van der Waals surface area contributed by atoms with Gasteiger partial charge in [0.2, 0.25) is 18.2 Å². The monoisotopic (exact) mass is 1030 g/mol. The van der Waals surface area contributed by atoms with Crippen molar-refractivity contribution in [1.29, 1.82) is 5.26 Å². The van der Waals surface area contributed by atoms with Crippen molar-refractivity contribution < 1.29 is 64.5 Å². The summed E-state index contributed by atoms with van der Waals surface area (Å²) in [6.07, 6.45) is -8.65. The third kappa shape index (κ3) is 12.0. The van der Waals surface area contributed by atoms with Crippen LogP contribution in [0.2, 0.25) is 0 Å². The Kier molecular flexibility index (Phi) is 16.7. The second-order valence-electron chi connectivity index (χ2n) is 18.7. The number of carbonyl (C=O) groups excluding carboxylic acids is 4. The minimum absolute atomic E-state index is 0.00588. The van der Waals surface area contributed by atoms with Crippen LogP contribution in [0.4, 0.5) is 42.1 Å². The van der Waals surface area contributed by atoms with Crippen molar-refractivity contribution in [3.05, 3.63) is 107 Å². The lowest BCUT2D eigenvalue weighted by atomic mass is 9.84. The molecule has 2 saturated heterocycles. The zero-order valence-electron chi connectivity index (χ0n) is 39.8. The third-order valence-corrected chi connectivity index (χ3v) is 12.5. The summed E-state index contributed by atoms with van der Waals surface area (Å²) in [5.74, 6) is -4.15. The average molecular weight is 1030 g/mol. The van der Waals surface area contributed by atoms with Crippen LogP contribution in [0.15, 0.2) is 79.0 Å². The number of hydrogen-bond acceptors (Lipinski definition) is 10. The molecule has 3 atom stereocenters. The zero-order chi connectivity index (χ0) is 52.9. The Labute approximate surface area is 416 Å². The smallest absolute Gasteiger partial charge is 0.420 e. The average Bonchev–Trinajstić information content (AvgIpc) is 3.79.